The number of nitrogens with zero attached hydrogens (tertiary/aromatic N) is 3. The van der Waals surface area contributed by atoms with Gasteiger partial charge in [0, 0.05) is 18.8 Å². The van der Waals surface area contributed by atoms with Crippen LogP contribution < -0.4 is 5.32 Å². The molecule has 0 aromatic carbocycles. The Balaban J connectivity index is 2.24. The monoisotopic (exact) mass is 246 g/mol. The molecule has 1 heterocycles. The average Bonchev–Trinajstić information content (AvgIpc) is 2.38. The van der Waals surface area contributed by atoms with Crippen LogP contribution in [0.1, 0.15) is 32.4 Å². The molecular formula is C14H22N4. The highest BCUT2D eigenvalue weighted by atomic mass is 15.1. The van der Waals surface area contributed by atoms with E-state index in [0.29, 0.717) is 11.7 Å². The van der Waals surface area contributed by atoms with Crippen molar-refractivity contribution < 1.29 is 0 Å². The van der Waals surface area contributed by atoms with Crippen LogP contribution in [0.4, 0.5) is 5.69 Å². The molecule has 4 nitrogen and oxygen atoms in total. The lowest BCUT2D eigenvalue weighted by Crippen LogP contribution is -2.27. The Kier molecular flexibility index (Phi) is 6.16. The van der Waals surface area contributed by atoms with Crippen LogP contribution in [-0.4, -0.2) is 36.1 Å². The second kappa shape index (κ2) is 7.67. The molecule has 98 valence electrons. The molecule has 0 saturated carbocycles. The van der Waals surface area contributed by atoms with Crippen molar-refractivity contribution in [1.29, 1.82) is 5.26 Å². The highest BCUT2D eigenvalue weighted by Gasteiger charge is 2.03. The van der Waals surface area contributed by atoms with Crippen molar-refractivity contribution in [3.63, 3.8) is 0 Å². The summed E-state index contributed by atoms with van der Waals surface area (Å²) >= 11 is 0. The number of nitrogens with one attached hydrogen (secondary N) is 1. The van der Waals surface area contributed by atoms with Crippen LogP contribution in [-0.2, 0) is 0 Å². The van der Waals surface area contributed by atoms with Crippen LogP contribution in [0.5, 0.6) is 0 Å². The maximum atomic E-state index is 8.90. The fourth-order valence-electron chi connectivity index (χ4n) is 1.60. The first-order chi connectivity index (χ1) is 8.65. The zero-order chi connectivity index (χ0) is 13.4. The summed E-state index contributed by atoms with van der Waals surface area (Å²) in [6.45, 7) is 6.39. The van der Waals surface area contributed by atoms with Gasteiger partial charge in [0.1, 0.15) is 6.07 Å². The van der Waals surface area contributed by atoms with Gasteiger partial charge >= 0.3 is 0 Å². The molecule has 0 bridgehead atoms. The van der Waals surface area contributed by atoms with Crippen molar-refractivity contribution in [2.24, 2.45) is 0 Å². The minimum Gasteiger partial charge on any atom is -0.383 e. The minimum atomic E-state index is 0.469. The Morgan fingerprint density at radius 2 is 2.22 bits per heavy atom. The third kappa shape index (κ3) is 4.72. The fourth-order valence-corrected chi connectivity index (χ4v) is 1.60. The summed E-state index contributed by atoms with van der Waals surface area (Å²) in [5.41, 5.74) is 1.30. The largest absolute Gasteiger partial charge is 0.383 e. The normalized spacial score (nSPS) is 10.7. The summed E-state index contributed by atoms with van der Waals surface area (Å²) in [6, 6.07) is 6.42. The van der Waals surface area contributed by atoms with Gasteiger partial charge < -0.3 is 10.2 Å². The first-order valence-corrected chi connectivity index (χ1v) is 6.44. The molecule has 0 aliphatic carbocycles. The van der Waals surface area contributed by atoms with Crippen LogP contribution in [0.25, 0.3) is 0 Å². The average molecular weight is 246 g/mol. The third-order valence-corrected chi connectivity index (χ3v) is 3.05. The molecule has 0 atom stereocenters. The van der Waals surface area contributed by atoms with Crippen LogP contribution in [0.15, 0.2) is 18.3 Å². The van der Waals surface area contributed by atoms with Gasteiger partial charge in [-0.05, 0) is 52.4 Å². The van der Waals surface area contributed by atoms with Crippen LogP contribution in [0, 0.1) is 11.3 Å². The van der Waals surface area contributed by atoms with E-state index in [1.54, 1.807) is 6.20 Å². The zero-order valence-corrected chi connectivity index (χ0v) is 11.5. The predicted molar refractivity (Wildman–Crippen MR) is 74.4 cm³/mol. The number of unbranched alkanes of at least 4 members (excludes halogenated alkanes) is 1. The smallest absolute Gasteiger partial charge is 0.163 e. The van der Waals surface area contributed by atoms with Crippen molar-refractivity contribution in [1.82, 2.24) is 9.88 Å². The Labute approximate surface area is 110 Å². The molecule has 0 fully saturated rings. The van der Waals surface area contributed by atoms with E-state index in [9.17, 15) is 0 Å². The first-order valence-electron chi connectivity index (χ1n) is 6.44. The highest BCUT2D eigenvalue weighted by molar-refractivity contribution is 5.53. The molecule has 1 N–H and O–H groups in total. The number of anilines is 1. The zero-order valence-electron chi connectivity index (χ0n) is 11.5. The van der Waals surface area contributed by atoms with Gasteiger partial charge in [-0.25, -0.2) is 4.98 Å². The molecule has 0 radical (unpaired) electrons. The summed E-state index contributed by atoms with van der Waals surface area (Å²) in [6.07, 6.45) is 3.89. The fraction of sp³-hybridized carbons (Fsp3) is 0.571. The van der Waals surface area contributed by atoms with Crippen LogP contribution in [0.2, 0.25) is 0 Å². The van der Waals surface area contributed by atoms with Gasteiger partial charge in [-0.1, -0.05) is 0 Å². The van der Waals surface area contributed by atoms with Crippen molar-refractivity contribution in [2.75, 3.05) is 25.5 Å². The Morgan fingerprint density at radius 3 is 2.89 bits per heavy atom. The molecule has 1 rings (SSSR count). The molecule has 0 unspecified atom stereocenters. The number of nitriles is 1. The highest BCUT2D eigenvalue weighted by Crippen LogP contribution is 2.10. The lowest BCUT2D eigenvalue weighted by atomic mass is 10.2. The maximum Gasteiger partial charge on any atom is 0.163 e. The van der Waals surface area contributed by atoms with Crippen LogP contribution in [0.3, 0.4) is 0 Å². The van der Waals surface area contributed by atoms with Gasteiger partial charge in [-0.15, -0.1) is 0 Å². The molecule has 0 aliphatic heterocycles. The number of rotatable bonds is 7. The van der Waals surface area contributed by atoms with Gasteiger partial charge in [0.05, 0.1) is 5.69 Å². The van der Waals surface area contributed by atoms with E-state index in [1.165, 1.54) is 0 Å². The lowest BCUT2D eigenvalue weighted by Gasteiger charge is -2.20. The second-order valence-corrected chi connectivity index (χ2v) is 4.72. The summed E-state index contributed by atoms with van der Waals surface area (Å²) in [4.78, 5) is 6.35. The molecule has 18 heavy (non-hydrogen) atoms. The van der Waals surface area contributed by atoms with E-state index in [-0.39, 0.29) is 0 Å². The topological polar surface area (TPSA) is 52.0 Å². The van der Waals surface area contributed by atoms with Gasteiger partial charge in [0.15, 0.2) is 5.69 Å². The quantitative estimate of drug-likeness (QED) is 0.751. The molecule has 1 aromatic rings. The van der Waals surface area contributed by atoms with E-state index in [1.807, 2.05) is 12.1 Å². The lowest BCUT2D eigenvalue weighted by molar-refractivity contribution is 0.269. The molecule has 0 aliphatic rings. The summed E-state index contributed by atoms with van der Waals surface area (Å²) in [5.74, 6) is 0. The van der Waals surface area contributed by atoms with Gasteiger partial charge in [-0.3, -0.25) is 0 Å². The SMILES string of the molecule is CC(C)N(C)CCCCNc1cccnc1C#N. The minimum absolute atomic E-state index is 0.469. The number of hydrogen-bond donors (Lipinski definition) is 1. The van der Waals surface area contributed by atoms with Crippen molar-refractivity contribution >= 4 is 5.69 Å². The van der Waals surface area contributed by atoms with Crippen molar-refractivity contribution in [2.45, 2.75) is 32.7 Å². The molecule has 1 aromatic heterocycles. The number of pyridine rings is 1. The van der Waals surface area contributed by atoms with E-state index in [0.717, 1.165) is 31.6 Å². The van der Waals surface area contributed by atoms with Gasteiger partial charge in [0.25, 0.3) is 0 Å². The maximum absolute atomic E-state index is 8.90. The van der Waals surface area contributed by atoms with E-state index in [4.69, 9.17) is 5.26 Å². The Bertz CT molecular complexity index is 395. The van der Waals surface area contributed by atoms with Crippen LogP contribution >= 0.6 is 0 Å². The number of aromatic nitrogens is 1. The molecule has 0 amide bonds. The van der Waals surface area contributed by atoms with Crippen molar-refractivity contribution in [3.05, 3.63) is 24.0 Å². The predicted octanol–water partition coefficient (Wildman–Crippen LogP) is 2.49. The third-order valence-electron chi connectivity index (χ3n) is 3.05. The molecule has 4 heteroatoms. The number of hydrogen-bond acceptors (Lipinski definition) is 4. The molecule has 0 spiro atoms. The first kappa shape index (κ1) is 14.5. The Morgan fingerprint density at radius 1 is 1.44 bits per heavy atom. The Hall–Kier alpha value is -1.60. The summed E-state index contributed by atoms with van der Waals surface area (Å²) in [7, 11) is 2.15. The van der Waals surface area contributed by atoms with E-state index in [2.05, 4.69) is 42.2 Å². The summed E-state index contributed by atoms with van der Waals surface area (Å²) in [5, 5.41) is 12.2. The van der Waals surface area contributed by atoms with Crippen molar-refractivity contribution in [3.8, 4) is 6.07 Å². The standard InChI is InChI=1S/C14H22N4/c1-12(2)18(3)10-5-4-8-16-13-7-6-9-17-14(13)11-15/h6-7,9,12,16H,4-5,8,10H2,1-3H3. The molecular weight excluding hydrogens is 224 g/mol. The van der Waals surface area contributed by atoms with Gasteiger partial charge in [-0.2, -0.15) is 5.26 Å². The second-order valence-electron chi connectivity index (χ2n) is 4.72. The van der Waals surface area contributed by atoms with Gasteiger partial charge in [0.2, 0.25) is 0 Å². The van der Waals surface area contributed by atoms with E-state index >= 15 is 0 Å². The summed E-state index contributed by atoms with van der Waals surface area (Å²) < 4.78 is 0. The van der Waals surface area contributed by atoms with E-state index < -0.39 is 0 Å². The molecule has 0 saturated heterocycles.